The van der Waals surface area contributed by atoms with Gasteiger partial charge in [-0.2, -0.15) is 5.10 Å². The van der Waals surface area contributed by atoms with Gasteiger partial charge in [-0.25, -0.2) is 14.2 Å². The molecule has 2 aromatic rings. The summed E-state index contributed by atoms with van der Waals surface area (Å²) in [6.45, 7) is 0. The number of benzene rings is 2. The molecule has 0 spiro atoms. The van der Waals surface area contributed by atoms with Gasteiger partial charge >= 0.3 is 0 Å². The highest BCUT2D eigenvalue weighted by molar-refractivity contribution is 5.94. The van der Waals surface area contributed by atoms with Crippen molar-refractivity contribution >= 4 is 17.8 Å². The number of halogens is 2. The van der Waals surface area contributed by atoms with Crippen molar-refractivity contribution in [1.29, 1.82) is 0 Å². The molecule has 8 heteroatoms. The summed E-state index contributed by atoms with van der Waals surface area (Å²) in [6.07, 6.45) is 0.948. The van der Waals surface area contributed by atoms with E-state index < -0.39 is 22.5 Å². The quantitative estimate of drug-likeness (QED) is 0.535. The molecule has 0 aliphatic rings. The number of nitrogens with zero attached hydrogens (tertiary/aromatic N) is 2. The first kappa shape index (κ1) is 15.2. The van der Waals surface area contributed by atoms with Gasteiger partial charge in [-0.1, -0.05) is 0 Å². The van der Waals surface area contributed by atoms with Crippen LogP contribution in [0.15, 0.2) is 47.6 Å². The zero-order valence-corrected chi connectivity index (χ0v) is 11.0. The Kier molecular flexibility index (Phi) is 4.52. The molecule has 0 saturated heterocycles. The lowest BCUT2D eigenvalue weighted by Gasteiger charge is -2.00. The third-order valence-electron chi connectivity index (χ3n) is 2.67. The topological polar surface area (TPSA) is 84.6 Å². The third kappa shape index (κ3) is 3.69. The number of hydrazone groups is 1. The van der Waals surface area contributed by atoms with Crippen LogP contribution in [0.1, 0.15) is 15.9 Å². The van der Waals surface area contributed by atoms with E-state index in [1.807, 2.05) is 0 Å². The van der Waals surface area contributed by atoms with Crippen LogP contribution in [0.3, 0.4) is 0 Å². The van der Waals surface area contributed by atoms with E-state index in [9.17, 15) is 23.7 Å². The van der Waals surface area contributed by atoms with E-state index in [0.717, 1.165) is 36.5 Å². The Balaban J connectivity index is 2.09. The maximum Gasteiger partial charge on any atom is 0.271 e. The fourth-order valence-corrected chi connectivity index (χ4v) is 1.57. The standard InChI is InChI=1S/C14H9F2N3O3/c15-11-3-1-9(2-4-11)14(20)18-17-8-10-7-12(19(21)22)5-6-13(10)16/h1-8H,(H,18,20)/b17-8-. The second-order valence-electron chi connectivity index (χ2n) is 4.17. The first-order chi connectivity index (χ1) is 10.5. The van der Waals surface area contributed by atoms with Gasteiger partial charge in [0.2, 0.25) is 0 Å². The van der Waals surface area contributed by atoms with Crippen molar-refractivity contribution in [2.45, 2.75) is 0 Å². The average Bonchev–Trinajstić information content (AvgIpc) is 2.49. The average molecular weight is 305 g/mol. The highest BCUT2D eigenvalue weighted by atomic mass is 19.1. The number of hydrogen-bond acceptors (Lipinski definition) is 4. The molecule has 0 aliphatic heterocycles. The number of non-ortho nitro benzene ring substituents is 1. The Morgan fingerprint density at radius 1 is 1.18 bits per heavy atom. The van der Waals surface area contributed by atoms with Crippen LogP contribution in [0.4, 0.5) is 14.5 Å². The lowest BCUT2D eigenvalue weighted by atomic mass is 10.2. The minimum Gasteiger partial charge on any atom is -0.267 e. The molecule has 0 unspecified atom stereocenters. The van der Waals surface area contributed by atoms with Crippen LogP contribution in [0.5, 0.6) is 0 Å². The van der Waals surface area contributed by atoms with Gasteiger partial charge in [0.05, 0.1) is 11.1 Å². The molecular formula is C14H9F2N3O3. The van der Waals surface area contributed by atoms with Gasteiger partial charge < -0.3 is 0 Å². The molecule has 2 rings (SSSR count). The molecule has 6 nitrogen and oxygen atoms in total. The number of amides is 1. The zero-order valence-electron chi connectivity index (χ0n) is 11.0. The summed E-state index contributed by atoms with van der Waals surface area (Å²) in [5, 5.41) is 14.1. The van der Waals surface area contributed by atoms with Crippen LogP contribution in [-0.4, -0.2) is 17.0 Å². The molecule has 0 heterocycles. The van der Waals surface area contributed by atoms with E-state index in [0.29, 0.717) is 0 Å². The number of nitrogens with one attached hydrogen (secondary N) is 1. The smallest absolute Gasteiger partial charge is 0.267 e. The summed E-state index contributed by atoms with van der Waals surface area (Å²) in [7, 11) is 0. The van der Waals surface area contributed by atoms with Gasteiger partial charge in [-0.15, -0.1) is 0 Å². The van der Waals surface area contributed by atoms with Crippen molar-refractivity contribution in [1.82, 2.24) is 5.43 Å². The fourth-order valence-electron chi connectivity index (χ4n) is 1.57. The van der Waals surface area contributed by atoms with Gasteiger partial charge in [-0.05, 0) is 30.3 Å². The van der Waals surface area contributed by atoms with Crippen molar-refractivity contribution in [2.24, 2.45) is 5.10 Å². The highest BCUT2D eigenvalue weighted by Gasteiger charge is 2.09. The third-order valence-corrected chi connectivity index (χ3v) is 2.67. The second-order valence-corrected chi connectivity index (χ2v) is 4.17. The summed E-state index contributed by atoms with van der Waals surface area (Å²) >= 11 is 0. The lowest BCUT2D eigenvalue weighted by Crippen LogP contribution is -2.17. The van der Waals surface area contributed by atoms with E-state index in [2.05, 4.69) is 10.5 Å². The Labute approximate surface area is 123 Å². The Morgan fingerprint density at radius 3 is 2.50 bits per heavy atom. The summed E-state index contributed by atoms with van der Waals surface area (Å²) in [5.41, 5.74) is 1.84. The zero-order chi connectivity index (χ0) is 16.1. The van der Waals surface area contributed by atoms with Crippen LogP contribution >= 0.6 is 0 Å². The normalized spacial score (nSPS) is 10.6. The molecule has 0 aromatic heterocycles. The number of carbonyl (C=O) groups excluding carboxylic acids is 1. The van der Waals surface area contributed by atoms with E-state index in [1.165, 1.54) is 12.1 Å². The SMILES string of the molecule is O=C(N/N=C\c1cc([N+](=O)[O-])ccc1F)c1ccc(F)cc1. The van der Waals surface area contributed by atoms with E-state index in [-0.39, 0.29) is 16.8 Å². The van der Waals surface area contributed by atoms with Crippen molar-refractivity contribution in [3.05, 3.63) is 75.3 Å². The Hall–Kier alpha value is -3.16. The minimum absolute atomic E-state index is 0.145. The summed E-state index contributed by atoms with van der Waals surface area (Å²) in [6, 6.07) is 7.67. The predicted molar refractivity (Wildman–Crippen MR) is 74.5 cm³/mol. The molecule has 22 heavy (non-hydrogen) atoms. The molecule has 112 valence electrons. The van der Waals surface area contributed by atoms with Gasteiger partial charge in [-0.3, -0.25) is 14.9 Å². The lowest BCUT2D eigenvalue weighted by molar-refractivity contribution is -0.384. The molecule has 0 saturated carbocycles. The maximum absolute atomic E-state index is 13.5. The van der Waals surface area contributed by atoms with Crippen LogP contribution in [-0.2, 0) is 0 Å². The van der Waals surface area contributed by atoms with Crippen LogP contribution in [0.2, 0.25) is 0 Å². The Morgan fingerprint density at radius 2 is 1.86 bits per heavy atom. The summed E-state index contributed by atoms with van der Waals surface area (Å²) in [4.78, 5) is 21.6. The van der Waals surface area contributed by atoms with Crippen molar-refractivity contribution in [3.8, 4) is 0 Å². The maximum atomic E-state index is 13.5. The van der Waals surface area contributed by atoms with Crippen LogP contribution in [0.25, 0.3) is 0 Å². The largest absolute Gasteiger partial charge is 0.271 e. The molecule has 0 radical (unpaired) electrons. The highest BCUT2D eigenvalue weighted by Crippen LogP contribution is 2.15. The van der Waals surface area contributed by atoms with Crippen LogP contribution < -0.4 is 5.43 Å². The molecule has 1 N–H and O–H groups in total. The second kappa shape index (κ2) is 6.53. The molecule has 0 aliphatic carbocycles. The molecule has 0 atom stereocenters. The molecule has 0 bridgehead atoms. The summed E-state index contributed by atoms with van der Waals surface area (Å²) in [5.74, 6) is -1.83. The first-order valence-corrected chi connectivity index (χ1v) is 6.00. The first-order valence-electron chi connectivity index (χ1n) is 6.00. The Bertz CT molecular complexity index is 745. The van der Waals surface area contributed by atoms with Gasteiger partial charge in [0.1, 0.15) is 11.6 Å². The summed E-state index contributed by atoms with van der Waals surface area (Å²) < 4.78 is 26.2. The minimum atomic E-state index is -0.717. The van der Waals surface area contributed by atoms with E-state index in [4.69, 9.17) is 0 Å². The monoisotopic (exact) mass is 305 g/mol. The molecular weight excluding hydrogens is 296 g/mol. The number of rotatable bonds is 4. The fraction of sp³-hybridized carbons (Fsp3) is 0. The van der Waals surface area contributed by atoms with E-state index >= 15 is 0 Å². The van der Waals surface area contributed by atoms with Crippen molar-refractivity contribution in [3.63, 3.8) is 0 Å². The van der Waals surface area contributed by atoms with Crippen LogP contribution in [0, 0.1) is 21.7 Å². The van der Waals surface area contributed by atoms with Crippen molar-refractivity contribution in [2.75, 3.05) is 0 Å². The number of nitro groups is 1. The number of hydrogen-bond donors (Lipinski definition) is 1. The molecule has 0 fully saturated rings. The molecule has 1 amide bonds. The van der Waals surface area contributed by atoms with Gasteiger partial charge in [0, 0.05) is 23.3 Å². The molecule has 2 aromatic carbocycles. The number of nitro benzene ring substituents is 1. The van der Waals surface area contributed by atoms with E-state index in [1.54, 1.807) is 0 Å². The van der Waals surface area contributed by atoms with Gasteiger partial charge in [0.15, 0.2) is 0 Å². The van der Waals surface area contributed by atoms with Gasteiger partial charge in [0.25, 0.3) is 11.6 Å². The van der Waals surface area contributed by atoms with Crippen molar-refractivity contribution < 1.29 is 18.5 Å². The number of carbonyl (C=O) groups is 1. The predicted octanol–water partition coefficient (Wildman–Crippen LogP) is 2.64.